The van der Waals surface area contributed by atoms with Crippen molar-refractivity contribution in [2.45, 2.75) is 18.7 Å². The van der Waals surface area contributed by atoms with E-state index < -0.39 is 17.6 Å². The molecule has 2 N–H and O–H groups in total. The van der Waals surface area contributed by atoms with Crippen molar-refractivity contribution in [3.05, 3.63) is 72.1 Å². The zero-order valence-electron chi connectivity index (χ0n) is 16.3. The van der Waals surface area contributed by atoms with Crippen LogP contribution in [0.4, 0.5) is 18.9 Å². The summed E-state index contributed by atoms with van der Waals surface area (Å²) in [5.41, 5.74) is 7.23. The molecule has 9 heteroatoms. The summed E-state index contributed by atoms with van der Waals surface area (Å²) in [4.78, 5) is 22.2. The molecule has 0 saturated carbocycles. The number of ether oxygens (including phenoxy) is 1. The van der Waals surface area contributed by atoms with Crippen LogP contribution in [0.25, 0.3) is 11.3 Å². The summed E-state index contributed by atoms with van der Waals surface area (Å²) in [7, 11) is 0. The number of pyridine rings is 2. The van der Waals surface area contributed by atoms with Gasteiger partial charge in [-0.25, -0.2) is 4.98 Å². The molecular formula is C22H19F3N4O2. The second-order valence-corrected chi connectivity index (χ2v) is 7.17. The molecule has 6 nitrogen and oxygen atoms in total. The Morgan fingerprint density at radius 2 is 1.87 bits per heavy atom. The molecule has 0 radical (unpaired) electrons. The van der Waals surface area contributed by atoms with E-state index in [1.54, 1.807) is 12.3 Å². The number of carbonyl (C=O) groups excluding carboxylic acids is 1. The number of benzene rings is 1. The van der Waals surface area contributed by atoms with Gasteiger partial charge in [0.25, 0.3) is 5.91 Å². The molecule has 31 heavy (non-hydrogen) atoms. The fourth-order valence-corrected chi connectivity index (χ4v) is 3.50. The fourth-order valence-electron chi connectivity index (χ4n) is 3.50. The lowest BCUT2D eigenvalue weighted by atomic mass is 10.1. The van der Waals surface area contributed by atoms with Crippen LogP contribution in [0.1, 0.15) is 22.3 Å². The minimum atomic E-state index is -4.44. The predicted octanol–water partition coefficient (Wildman–Crippen LogP) is 3.92. The highest BCUT2D eigenvalue weighted by Crippen LogP contribution is 2.31. The number of nitrogens with zero attached hydrogens (tertiary/aromatic N) is 3. The highest BCUT2D eigenvalue weighted by molar-refractivity contribution is 5.99. The molecule has 1 amide bonds. The summed E-state index contributed by atoms with van der Waals surface area (Å²) >= 11 is 0. The van der Waals surface area contributed by atoms with Gasteiger partial charge in [0.05, 0.1) is 35.2 Å². The zero-order chi connectivity index (χ0) is 22.0. The zero-order valence-corrected chi connectivity index (χ0v) is 16.3. The quantitative estimate of drug-likeness (QED) is 0.666. The second kappa shape index (κ2) is 8.25. The van der Waals surface area contributed by atoms with E-state index in [0.29, 0.717) is 36.5 Å². The van der Waals surface area contributed by atoms with Crippen molar-refractivity contribution in [2.75, 3.05) is 18.0 Å². The molecule has 4 rings (SSSR count). The minimum Gasteiger partial charge on any atom is -0.472 e. The van der Waals surface area contributed by atoms with Gasteiger partial charge in [0, 0.05) is 30.8 Å². The Kier molecular flexibility index (Phi) is 5.50. The van der Waals surface area contributed by atoms with Gasteiger partial charge in [0.1, 0.15) is 6.10 Å². The van der Waals surface area contributed by atoms with Crippen LogP contribution < -0.4 is 15.4 Å². The van der Waals surface area contributed by atoms with Gasteiger partial charge < -0.3 is 15.4 Å². The number of carbonyl (C=O) groups is 1. The monoisotopic (exact) mass is 428 g/mol. The smallest absolute Gasteiger partial charge is 0.417 e. The Morgan fingerprint density at radius 1 is 1.10 bits per heavy atom. The first-order valence-electron chi connectivity index (χ1n) is 9.61. The van der Waals surface area contributed by atoms with Crippen LogP contribution in [0.3, 0.4) is 0 Å². The third kappa shape index (κ3) is 4.60. The third-order valence-corrected chi connectivity index (χ3v) is 5.05. The number of nitrogens with two attached hydrogens (primary N) is 1. The first-order chi connectivity index (χ1) is 14.8. The third-order valence-electron chi connectivity index (χ3n) is 5.05. The van der Waals surface area contributed by atoms with Crippen molar-refractivity contribution in [1.29, 1.82) is 0 Å². The molecule has 1 aromatic carbocycles. The molecule has 0 spiro atoms. The lowest BCUT2D eigenvalue weighted by molar-refractivity contribution is -0.137. The van der Waals surface area contributed by atoms with Gasteiger partial charge in [-0.05, 0) is 12.1 Å². The van der Waals surface area contributed by atoms with Crippen LogP contribution in [-0.2, 0) is 6.18 Å². The van der Waals surface area contributed by atoms with Crippen LogP contribution >= 0.6 is 0 Å². The largest absolute Gasteiger partial charge is 0.472 e. The van der Waals surface area contributed by atoms with Crippen molar-refractivity contribution < 1.29 is 22.7 Å². The van der Waals surface area contributed by atoms with Crippen molar-refractivity contribution in [1.82, 2.24) is 9.97 Å². The normalized spacial score (nSPS) is 16.4. The molecule has 1 fully saturated rings. The molecule has 1 saturated heterocycles. The number of aromatic nitrogens is 2. The van der Waals surface area contributed by atoms with E-state index in [-0.39, 0.29) is 12.0 Å². The standard InChI is InChI=1S/C22H19F3N4O2/c23-22(24,25)15-6-7-20(28-11-15)31-16-8-9-29(13-16)19-12-27-18(10-17(19)21(26)30)14-4-2-1-3-5-14/h1-7,10-12,16H,8-9,13H2,(H2,26,30)/t16-/m1/s1. The van der Waals surface area contributed by atoms with Crippen LogP contribution in [0.15, 0.2) is 60.9 Å². The number of rotatable bonds is 5. The van der Waals surface area contributed by atoms with E-state index in [2.05, 4.69) is 9.97 Å². The summed E-state index contributed by atoms with van der Waals surface area (Å²) in [6, 6.07) is 13.2. The van der Waals surface area contributed by atoms with E-state index in [1.165, 1.54) is 6.07 Å². The van der Waals surface area contributed by atoms with Gasteiger partial charge in [-0.2, -0.15) is 13.2 Å². The summed E-state index contributed by atoms with van der Waals surface area (Å²) in [5.74, 6) is -0.448. The lowest BCUT2D eigenvalue weighted by Gasteiger charge is -2.21. The molecule has 1 atom stereocenters. The van der Waals surface area contributed by atoms with Crippen LogP contribution in [-0.4, -0.2) is 35.1 Å². The van der Waals surface area contributed by atoms with Gasteiger partial charge in [0.2, 0.25) is 5.88 Å². The highest BCUT2D eigenvalue weighted by Gasteiger charge is 2.31. The van der Waals surface area contributed by atoms with Gasteiger partial charge in [-0.1, -0.05) is 30.3 Å². The Labute approximate surface area is 176 Å². The van der Waals surface area contributed by atoms with E-state index in [9.17, 15) is 18.0 Å². The molecule has 1 aliphatic rings. The number of halogens is 3. The average molecular weight is 428 g/mol. The van der Waals surface area contributed by atoms with Gasteiger partial charge in [-0.3, -0.25) is 9.78 Å². The molecule has 2 aromatic heterocycles. The fraction of sp³-hybridized carbons (Fsp3) is 0.227. The molecule has 0 unspecified atom stereocenters. The molecule has 0 aliphatic carbocycles. The van der Waals surface area contributed by atoms with Crippen molar-refractivity contribution in [3.8, 4) is 17.1 Å². The minimum absolute atomic E-state index is 0.118. The Morgan fingerprint density at radius 3 is 2.52 bits per heavy atom. The Hall–Kier alpha value is -3.62. The highest BCUT2D eigenvalue weighted by atomic mass is 19.4. The summed E-state index contributed by atoms with van der Waals surface area (Å²) in [6.07, 6.45) is -1.76. The van der Waals surface area contributed by atoms with E-state index in [4.69, 9.17) is 10.5 Å². The maximum atomic E-state index is 12.7. The molecule has 0 bridgehead atoms. The number of alkyl halides is 3. The van der Waals surface area contributed by atoms with E-state index >= 15 is 0 Å². The number of primary amides is 1. The van der Waals surface area contributed by atoms with Crippen molar-refractivity contribution >= 4 is 11.6 Å². The van der Waals surface area contributed by atoms with E-state index in [1.807, 2.05) is 35.2 Å². The summed E-state index contributed by atoms with van der Waals surface area (Å²) in [6.45, 7) is 1.01. The molecule has 3 heterocycles. The first-order valence-corrected chi connectivity index (χ1v) is 9.61. The number of anilines is 1. The lowest BCUT2D eigenvalue weighted by Crippen LogP contribution is -2.27. The van der Waals surface area contributed by atoms with E-state index in [0.717, 1.165) is 17.8 Å². The first kappa shape index (κ1) is 20.6. The topological polar surface area (TPSA) is 81.3 Å². The van der Waals surface area contributed by atoms with Crippen molar-refractivity contribution in [3.63, 3.8) is 0 Å². The Bertz CT molecular complexity index is 1070. The summed E-state index contributed by atoms with van der Waals surface area (Å²) < 4.78 is 43.7. The maximum Gasteiger partial charge on any atom is 0.417 e. The second-order valence-electron chi connectivity index (χ2n) is 7.17. The van der Waals surface area contributed by atoms with Gasteiger partial charge in [0.15, 0.2) is 0 Å². The molecular weight excluding hydrogens is 409 g/mol. The molecule has 3 aromatic rings. The number of amides is 1. The molecule has 1 aliphatic heterocycles. The van der Waals surface area contributed by atoms with Gasteiger partial charge in [-0.15, -0.1) is 0 Å². The van der Waals surface area contributed by atoms with Crippen LogP contribution in [0.2, 0.25) is 0 Å². The predicted molar refractivity (Wildman–Crippen MR) is 109 cm³/mol. The molecule has 160 valence electrons. The average Bonchev–Trinajstić information content (AvgIpc) is 3.22. The maximum absolute atomic E-state index is 12.7. The van der Waals surface area contributed by atoms with Gasteiger partial charge >= 0.3 is 6.18 Å². The van der Waals surface area contributed by atoms with Crippen molar-refractivity contribution in [2.24, 2.45) is 5.73 Å². The van der Waals surface area contributed by atoms with Crippen LogP contribution in [0, 0.1) is 0 Å². The van der Waals surface area contributed by atoms with Crippen LogP contribution in [0.5, 0.6) is 5.88 Å². The number of hydrogen-bond donors (Lipinski definition) is 1. The summed E-state index contributed by atoms with van der Waals surface area (Å²) in [5, 5.41) is 0. The number of hydrogen-bond acceptors (Lipinski definition) is 5. The Balaban J connectivity index is 1.49. The SMILES string of the molecule is NC(=O)c1cc(-c2ccccc2)ncc1N1CC[C@@H](Oc2ccc(C(F)(F)F)cn2)C1.